The van der Waals surface area contributed by atoms with E-state index in [2.05, 4.69) is 21.2 Å². The summed E-state index contributed by atoms with van der Waals surface area (Å²) in [6.07, 6.45) is 1.55. The summed E-state index contributed by atoms with van der Waals surface area (Å²) in [7, 11) is 0. The molecule has 2 aromatic rings. The molecule has 0 bridgehead atoms. The van der Waals surface area contributed by atoms with Gasteiger partial charge in [-0.05, 0) is 40.2 Å². The molecule has 0 atom stereocenters. The molecule has 1 aromatic carbocycles. The maximum absolute atomic E-state index is 11.9. The van der Waals surface area contributed by atoms with Crippen LogP contribution in [0.1, 0.15) is 0 Å². The number of pyridine rings is 1. The third-order valence-corrected chi connectivity index (χ3v) is 3.31. The van der Waals surface area contributed by atoms with Gasteiger partial charge >= 0.3 is 0 Å². The number of carbonyl (C=O) groups is 1. The minimum absolute atomic E-state index is 0.0982. The Hall–Kier alpha value is -1.79. The molecule has 0 spiro atoms. The van der Waals surface area contributed by atoms with Crippen molar-refractivity contribution in [3.63, 3.8) is 0 Å². The van der Waals surface area contributed by atoms with Gasteiger partial charge in [0.2, 0.25) is 5.91 Å². The fourth-order valence-corrected chi connectivity index (χ4v) is 2.22. The number of nitrogen functional groups attached to an aromatic ring is 1. The van der Waals surface area contributed by atoms with Gasteiger partial charge in [-0.15, -0.1) is 0 Å². The van der Waals surface area contributed by atoms with E-state index in [1.807, 2.05) is 0 Å². The van der Waals surface area contributed by atoms with E-state index >= 15 is 0 Å². The summed E-state index contributed by atoms with van der Waals surface area (Å²) < 4.78 is 2.01. The second-order valence-electron chi connectivity index (χ2n) is 4.10. The summed E-state index contributed by atoms with van der Waals surface area (Å²) in [6.45, 7) is -0.0982. The van der Waals surface area contributed by atoms with Crippen LogP contribution in [0.4, 0.5) is 11.4 Å². The predicted octanol–water partition coefficient (Wildman–Crippen LogP) is 2.49. The van der Waals surface area contributed by atoms with Gasteiger partial charge in [0.15, 0.2) is 0 Å². The molecule has 0 aliphatic rings. The zero-order valence-electron chi connectivity index (χ0n) is 10.3. The molecule has 2 rings (SSSR count). The normalized spacial score (nSPS) is 10.3. The van der Waals surface area contributed by atoms with Gasteiger partial charge in [0.1, 0.15) is 6.54 Å². The van der Waals surface area contributed by atoms with Crippen molar-refractivity contribution >= 4 is 44.8 Å². The van der Waals surface area contributed by atoms with Crippen LogP contribution in [0.25, 0.3) is 0 Å². The van der Waals surface area contributed by atoms with Crippen LogP contribution in [-0.4, -0.2) is 10.5 Å². The van der Waals surface area contributed by atoms with Crippen LogP contribution in [0.3, 0.4) is 0 Å². The van der Waals surface area contributed by atoms with Gasteiger partial charge in [-0.25, -0.2) is 0 Å². The zero-order chi connectivity index (χ0) is 14.7. The summed E-state index contributed by atoms with van der Waals surface area (Å²) in [6, 6.07) is 7.79. The summed E-state index contributed by atoms with van der Waals surface area (Å²) in [4.78, 5) is 23.5. The Bertz CT molecular complexity index is 715. The third kappa shape index (κ3) is 3.61. The standard InChI is InChI=1S/C13H11BrClN3O2/c14-8-1-4-13(20)18(6-8)7-12(19)17-11-3-2-9(16)5-10(11)15/h1-6H,7,16H2,(H,17,19). The first-order valence-corrected chi connectivity index (χ1v) is 6.83. The maximum Gasteiger partial charge on any atom is 0.251 e. The van der Waals surface area contributed by atoms with E-state index in [1.165, 1.54) is 10.6 Å². The van der Waals surface area contributed by atoms with E-state index < -0.39 is 0 Å². The lowest BCUT2D eigenvalue weighted by Gasteiger charge is -2.09. The largest absolute Gasteiger partial charge is 0.399 e. The van der Waals surface area contributed by atoms with E-state index in [1.54, 1.807) is 30.5 Å². The molecule has 0 aliphatic heterocycles. The highest BCUT2D eigenvalue weighted by Gasteiger charge is 2.08. The summed E-state index contributed by atoms with van der Waals surface area (Å²) in [5.41, 5.74) is 6.28. The molecule has 20 heavy (non-hydrogen) atoms. The number of halogens is 2. The fourth-order valence-electron chi connectivity index (χ4n) is 1.60. The average molecular weight is 357 g/mol. The van der Waals surface area contributed by atoms with Crippen LogP contribution in [0, 0.1) is 0 Å². The molecule has 7 heteroatoms. The van der Waals surface area contributed by atoms with Crippen LogP contribution in [0.2, 0.25) is 5.02 Å². The lowest BCUT2D eigenvalue weighted by atomic mass is 10.3. The topological polar surface area (TPSA) is 77.1 Å². The van der Waals surface area contributed by atoms with Crippen molar-refractivity contribution in [1.29, 1.82) is 0 Å². The number of anilines is 2. The number of hydrogen-bond acceptors (Lipinski definition) is 3. The number of aromatic nitrogens is 1. The smallest absolute Gasteiger partial charge is 0.251 e. The summed E-state index contributed by atoms with van der Waals surface area (Å²) in [5.74, 6) is -0.350. The summed E-state index contributed by atoms with van der Waals surface area (Å²) >= 11 is 9.21. The number of hydrogen-bond donors (Lipinski definition) is 2. The molecule has 0 saturated carbocycles. The second-order valence-corrected chi connectivity index (χ2v) is 5.42. The molecular formula is C13H11BrClN3O2. The number of carbonyl (C=O) groups excluding carboxylic acids is 1. The number of nitrogens with zero attached hydrogens (tertiary/aromatic N) is 1. The first-order valence-electron chi connectivity index (χ1n) is 5.66. The highest BCUT2D eigenvalue weighted by atomic mass is 79.9. The van der Waals surface area contributed by atoms with E-state index in [-0.39, 0.29) is 18.0 Å². The Labute approximate surface area is 128 Å². The van der Waals surface area contributed by atoms with Crippen molar-refractivity contribution < 1.29 is 4.79 Å². The van der Waals surface area contributed by atoms with Crippen LogP contribution in [0.5, 0.6) is 0 Å². The van der Waals surface area contributed by atoms with Crippen molar-refractivity contribution in [2.75, 3.05) is 11.1 Å². The van der Waals surface area contributed by atoms with Crippen molar-refractivity contribution in [2.24, 2.45) is 0 Å². The molecular weight excluding hydrogens is 346 g/mol. The number of benzene rings is 1. The SMILES string of the molecule is Nc1ccc(NC(=O)Cn2cc(Br)ccc2=O)c(Cl)c1. The second kappa shape index (κ2) is 6.11. The lowest BCUT2D eigenvalue weighted by Crippen LogP contribution is -2.26. The summed E-state index contributed by atoms with van der Waals surface area (Å²) in [5, 5.41) is 2.98. The molecule has 0 fully saturated rings. The van der Waals surface area contributed by atoms with E-state index in [4.69, 9.17) is 17.3 Å². The molecule has 0 radical (unpaired) electrons. The Morgan fingerprint density at radius 2 is 2.10 bits per heavy atom. The molecule has 104 valence electrons. The van der Waals surface area contributed by atoms with Crippen molar-refractivity contribution in [1.82, 2.24) is 4.57 Å². The molecule has 5 nitrogen and oxygen atoms in total. The Morgan fingerprint density at radius 3 is 2.80 bits per heavy atom. The van der Waals surface area contributed by atoms with Crippen LogP contribution in [-0.2, 0) is 11.3 Å². The quantitative estimate of drug-likeness (QED) is 0.830. The van der Waals surface area contributed by atoms with Crippen LogP contribution in [0.15, 0.2) is 45.8 Å². The molecule has 0 saturated heterocycles. The number of amides is 1. The van der Waals surface area contributed by atoms with E-state index in [9.17, 15) is 9.59 Å². The van der Waals surface area contributed by atoms with Crippen LogP contribution >= 0.6 is 27.5 Å². The van der Waals surface area contributed by atoms with Crippen molar-refractivity contribution in [3.8, 4) is 0 Å². The molecule has 1 heterocycles. The Morgan fingerprint density at radius 1 is 1.35 bits per heavy atom. The minimum Gasteiger partial charge on any atom is -0.399 e. The average Bonchev–Trinajstić information content (AvgIpc) is 2.37. The highest BCUT2D eigenvalue weighted by Crippen LogP contribution is 2.23. The van der Waals surface area contributed by atoms with Gasteiger partial charge in [-0.3, -0.25) is 9.59 Å². The molecule has 0 unspecified atom stereocenters. The monoisotopic (exact) mass is 355 g/mol. The Kier molecular flexibility index (Phi) is 4.46. The van der Waals surface area contributed by atoms with Gasteiger partial charge in [0, 0.05) is 22.4 Å². The molecule has 1 amide bonds. The Balaban J connectivity index is 2.13. The molecule has 0 aliphatic carbocycles. The van der Waals surface area contributed by atoms with Crippen LogP contribution < -0.4 is 16.6 Å². The van der Waals surface area contributed by atoms with Gasteiger partial charge in [-0.1, -0.05) is 11.6 Å². The van der Waals surface area contributed by atoms with Gasteiger partial charge in [0.25, 0.3) is 5.56 Å². The highest BCUT2D eigenvalue weighted by molar-refractivity contribution is 9.10. The third-order valence-electron chi connectivity index (χ3n) is 2.53. The van der Waals surface area contributed by atoms with Gasteiger partial charge in [-0.2, -0.15) is 0 Å². The van der Waals surface area contributed by atoms with E-state index in [0.29, 0.717) is 16.4 Å². The van der Waals surface area contributed by atoms with Gasteiger partial charge < -0.3 is 15.6 Å². The maximum atomic E-state index is 11.9. The molecule has 1 aromatic heterocycles. The molecule has 3 N–H and O–H groups in total. The first kappa shape index (κ1) is 14.6. The minimum atomic E-state index is -0.350. The lowest BCUT2D eigenvalue weighted by molar-refractivity contribution is -0.116. The van der Waals surface area contributed by atoms with Crippen molar-refractivity contribution in [3.05, 3.63) is 56.4 Å². The first-order chi connectivity index (χ1) is 9.45. The van der Waals surface area contributed by atoms with Crippen molar-refractivity contribution in [2.45, 2.75) is 6.54 Å². The number of nitrogens with one attached hydrogen (secondary N) is 1. The van der Waals surface area contributed by atoms with E-state index in [0.717, 1.165) is 4.47 Å². The predicted molar refractivity (Wildman–Crippen MR) is 82.9 cm³/mol. The van der Waals surface area contributed by atoms with Gasteiger partial charge in [0.05, 0.1) is 10.7 Å². The zero-order valence-corrected chi connectivity index (χ0v) is 12.6. The fraction of sp³-hybridized carbons (Fsp3) is 0.0769. The number of rotatable bonds is 3. The number of nitrogens with two attached hydrogens (primary N) is 1.